The highest BCUT2D eigenvalue weighted by atomic mass is 15.4. The molecule has 1 aromatic heterocycles. The van der Waals surface area contributed by atoms with Crippen LogP contribution in [0.25, 0.3) is 0 Å². The first kappa shape index (κ1) is 13.1. The minimum absolute atomic E-state index is 0.0537. The van der Waals surface area contributed by atoms with Gasteiger partial charge in [0.05, 0.1) is 11.6 Å². The van der Waals surface area contributed by atoms with Gasteiger partial charge in [0.25, 0.3) is 0 Å². The van der Waals surface area contributed by atoms with E-state index in [1.165, 1.54) is 0 Å². The van der Waals surface area contributed by atoms with E-state index in [0.717, 1.165) is 16.8 Å². The molecule has 102 valence electrons. The van der Waals surface area contributed by atoms with Crippen molar-refractivity contribution in [2.24, 2.45) is 7.05 Å². The van der Waals surface area contributed by atoms with Crippen LogP contribution in [0, 0.1) is 11.3 Å². The summed E-state index contributed by atoms with van der Waals surface area (Å²) in [7, 11) is 1.82. The van der Waals surface area contributed by atoms with E-state index in [4.69, 9.17) is 0 Å². The molecule has 4 nitrogen and oxygen atoms in total. The normalized spacial score (nSPS) is 10.5. The van der Waals surface area contributed by atoms with E-state index in [-0.39, 0.29) is 5.92 Å². The summed E-state index contributed by atoms with van der Waals surface area (Å²) >= 11 is 0. The molecule has 0 unspecified atom stereocenters. The van der Waals surface area contributed by atoms with Crippen molar-refractivity contribution in [2.75, 3.05) is 0 Å². The van der Waals surface area contributed by atoms with Gasteiger partial charge in [0, 0.05) is 7.05 Å². The number of nitriles is 1. The molecule has 0 bridgehead atoms. The van der Waals surface area contributed by atoms with E-state index in [1.54, 1.807) is 4.68 Å². The Morgan fingerprint density at radius 1 is 0.952 bits per heavy atom. The summed E-state index contributed by atoms with van der Waals surface area (Å²) in [5, 5.41) is 17.3. The SMILES string of the molecule is Cn1nnc(C#N)c1C(c1ccccc1)c1ccccc1. The Balaban J connectivity index is 2.23. The molecule has 0 saturated carbocycles. The third-order valence-corrected chi connectivity index (χ3v) is 3.52. The Morgan fingerprint density at radius 3 is 1.95 bits per heavy atom. The van der Waals surface area contributed by atoms with Gasteiger partial charge in [-0.3, -0.25) is 4.68 Å². The van der Waals surface area contributed by atoms with Crippen LogP contribution in [-0.2, 0) is 7.05 Å². The van der Waals surface area contributed by atoms with Gasteiger partial charge in [-0.2, -0.15) is 5.26 Å². The van der Waals surface area contributed by atoms with Crippen molar-refractivity contribution in [3.63, 3.8) is 0 Å². The Hall–Kier alpha value is -2.93. The van der Waals surface area contributed by atoms with Crippen LogP contribution in [0.15, 0.2) is 60.7 Å². The topological polar surface area (TPSA) is 54.5 Å². The summed E-state index contributed by atoms with van der Waals surface area (Å²) in [5.41, 5.74) is 3.42. The van der Waals surface area contributed by atoms with Crippen LogP contribution in [0.1, 0.15) is 28.4 Å². The highest BCUT2D eigenvalue weighted by Gasteiger charge is 2.24. The Kier molecular flexibility index (Phi) is 3.48. The smallest absolute Gasteiger partial charge is 0.186 e. The molecule has 0 aliphatic carbocycles. The summed E-state index contributed by atoms with van der Waals surface area (Å²) < 4.78 is 1.68. The maximum atomic E-state index is 9.31. The molecule has 4 heteroatoms. The number of rotatable bonds is 3. The summed E-state index contributed by atoms with van der Waals surface area (Å²) in [6.07, 6.45) is 0. The van der Waals surface area contributed by atoms with Crippen molar-refractivity contribution in [3.8, 4) is 6.07 Å². The summed E-state index contributed by atoms with van der Waals surface area (Å²) in [6, 6.07) is 22.4. The molecule has 0 fully saturated rings. The van der Waals surface area contributed by atoms with Gasteiger partial charge in [-0.05, 0) is 11.1 Å². The second kappa shape index (κ2) is 5.59. The molecule has 0 aliphatic heterocycles. The van der Waals surface area contributed by atoms with Crippen molar-refractivity contribution in [1.29, 1.82) is 5.26 Å². The van der Waals surface area contributed by atoms with E-state index < -0.39 is 0 Å². The van der Waals surface area contributed by atoms with Gasteiger partial charge in [-0.15, -0.1) is 5.10 Å². The van der Waals surface area contributed by atoms with Crippen LogP contribution in [0.4, 0.5) is 0 Å². The number of nitrogens with zero attached hydrogens (tertiary/aromatic N) is 4. The molecule has 1 heterocycles. The monoisotopic (exact) mass is 274 g/mol. The minimum atomic E-state index is -0.0537. The molecule has 0 amide bonds. The molecule has 2 aromatic carbocycles. The lowest BCUT2D eigenvalue weighted by molar-refractivity contribution is 0.668. The number of hydrogen-bond acceptors (Lipinski definition) is 3. The number of hydrogen-bond donors (Lipinski definition) is 0. The number of aryl methyl sites for hydroxylation is 1. The molecule has 0 aliphatic rings. The molecular formula is C17H14N4. The van der Waals surface area contributed by atoms with Crippen molar-refractivity contribution >= 4 is 0 Å². The van der Waals surface area contributed by atoms with Gasteiger partial charge < -0.3 is 0 Å². The minimum Gasteiger partial charge on any atom is -0.250 e. The van der Waals surface area contributed by atoms with Gasteiger partial charge in [0.1, 0.15) is 6.07 Å². The van der Waals surface area contributed by atoms with E-state index in [2.05, 4.69) is 40.6 Å². The molecule has 21 heavy (non-hydrogen) atoms. The van der Waals surface area contributed by atoms with Crippen LogP contribution in [0.5, 0.6) is 0 Å². The van der Waals surface area contributed by atoms with E-state index in [9.17, 15) is 5.26 Å². The summed E-state index contributed by atoms with van der Waals surface area (Å²) in [5.74, 6) is -0.0537. The molecule has 0 N–H and O–H groups in total. The van der Waals surface area contributed by atoms with Crippen LogP contribution < -0.4 is 0 Å². The molecule has 3 aromatic rings. The van der Waals surface area contributed by atoms with Gasteiger partial charge in [-0.1, -0.05) is 65.9 Å². The quantitative estimate of drug-likeness (QED) is 0.738. The van der Waals surface area contributed by atoms with Crippen molar-refractivity contribution in [3.05, 3.63) is 83.2 Å². The molecule has 0 radical (unpaired) electrons. The zero-order valence-electron chi connectivity index (χ0n) is 11.6. The average Bonchev–Trinajstić information content (AvgIpc) is 2.91. The molecule has 0 spiro atoms. The highest BCUT2D eigenvalue weighted by Crippen LogP contribution is 2.32. The Labute approximate surface area is 123 Å². The number of benzene rings is 2. The van der Waals surface area contributed by atoms with Crippen molar-refractivity contribution in [1.82, 2.24) is 15.0 Å². The maximum absolute atomic E-state index is 9.31. The van der Waals surface area contributed by atoms with Crippen LogP contribution in [0.2, 0.25) is 0 Å². The summed E-state index contributed by atoms with van der Waals surface area (Å²) in [6.45, 7) is 0. The van der Waals surface area contributed by atoms with Gasteiger partial charge in [0.15, 0.2) is 5.69 Å². The second-order valence-electron chi connectivity index (χ2n) is 4.81. The fourth-order valence-corrected chi connectivity index (χ4v) is 2.57. The third-order valence-electron chi connectivity index (χ3n) is 3.52. The van der Waals surface area contributed by atoms with Crippen molar-refractivity contribution < 1.29 is 0 Å². The van der Waals surface area contributed by atoms with Gasteiger partial charge >= 0.3 is 0 Å². The Morgan fingerprint density at radius 2 is 1.48 bits per heavy atom. The first-order valence-electron chi connectivity index (χ1n) is 6.71. The van der Waals surface area contributed by atoms with Crippen LogP contribution >= 0.6 is 0 Å². The lowest BCUT2D eigenvalue weighted by atomic mass is 9.87. The maximum Gasteiger partial charge on any atom is 0.186 e. The van der Waals surface area contributed by atoms with E-state index >= 15 is 0 Å². The van der Waals surface area contributed by atoms with E-state index in [1.807, 2.05) is 43.4 Å². The molecule has 0 saturated heterocycles. The number of aromatic nitrogens is 3. The zero-order valence-corrected chi connectivity index (χ0v) is 11.6. The molecular weight excluding hydrogens is 260 g/mol. The first-order valence-corrected chi connectivity index (χ1v) is 6.71. The van der Waals surface area contributed by atoms with Gasteiger partial charge in [-0.25, -0.2) is 0 Å². The standard InChI is InChI=1S/C17H14N4/c1-21-17(15(12-18)19-20-21)16(13-8-4-2-5-9-13)14-10-6-3-7-11-14/h2-11,16H,1H3. The molecule has 3 rings (SSSR count). The lowest BCUT2D eigenvalue weighted by Crippen LogP contribution is -2.10. The van der Waals surface area contributed by atoms with Crippen LogP contribution in [-0.4, -0.2) is 15.0 Å². The first-order chi connectivity index (χ1) is 10.3. The Bertz CT molecular complexity index is 730. The average molecular weight is 274 g/mol. The molecule has 0 atom stereocenters. The predicted octanol–water partition coefficient (Wildman–Crippen LogP) is 2.87. The lowest BCUT2D eigenvalue weighted by Gasteiger charge is -2.18. The fraction of sp³-hybridized carbons (Fsp3) is 0.118. The van der Waals surface area contributed by atoms with Gasteiger partial charge in [0.2, 0.25) is 0 Å². The van der Waals surface area contributed by atoms with E-state index in [0.29, 0.717) is 5.69 Å². The van der Waals surface area contributed by atoms with Crippen LogP contribution in [0.3, 0.4) is 0 Å². The third kappa shape index (κ3) is 2.41. The predicted molar refractivity (Wildman–Crippen MR) is 79.5 cm³/mol. The summed E-state index contributed by atoms with van der Waals surface area (Å²) in [4.78, 5) is 0. The fourth-order valence-electron chi connectivity index (χ4n) is 2.57. The second-order valence-corrected chi connectivity index (χ2v) is 4.81. The highest BCUT2D eigenvalue weighted by molar-refractivity contribution is 5.44. The largest absolute Gasteiger partial charge is 0.250 e. The zero-order chi connectivity index (χ0) is 14.7. The van der Waals surface area contributed by atoms with Crippen molar-refractivity contribution in [2.45, 2.75) is 5.92 Å².